The number of hydrogen-bond donors (Lipinski definition) is 0. The Labute approximate surface area is 137 Å². The van der Waals surface area contributed by atoms with Crippen LogP contribution in [0.25, 0.3) is 0 Å². The molecule has 116 valence electrons. The van der Waals surface area contributed by atoms with E-state index < -0.39 is 0 Å². The molecule has 3 heteroatoms. The van der Waals surface area contributed by atoms with Crippen molar-refractivity contribution in [3.05, 3.63) is 59.7 Å². The molecule has 3 rings (SSSR count). The minimum atomic E-state index is 0.126. The van der Waals surface area contributed by atoms with Gasteiger partial charge in [-0.25, -0.2) is 0 Å². The van der Waals surface area contributed by atoms with Crippen LogP contribution >= 0.6 is 11.8 Å². The molecule has 2 atom stereocenters. The largest absolute Gasteiger partial charge is 0.485 e. The van der Waals surface area contributed by atoms with Gasteiger partial charge in [-0.3, -0.25) is 0 Å². The molecule has 1 aliphatic heterocycles. The fraction of sp³-hybridized carbons (Fsp3) is 0.368. The summed E-state index contributed by atoms with van der Waals surface area (Å²) in [6.45, 7) is 3.15. The van der Waals surface area contributed by atoms with E-state index in [1.165, 1.54) is 16.0 Å². The maximum Gasteiger partial charge on any atom is 0.130 e. The van der Waals surface area contributed by atoms with Gasteiger partial charge in [0.25, 0.3) is 0 Å². The van der Waals surface area contributed by atoms with Crippen LogP contribution in [0.1, 0.15) is 17.2 Å². The minimum Gasteiger partial charge on any atom is -0.485 e. The lowest BCUT2D eigenvalue weighted by atomic mass is 9.95. The molecular weight excluding hydrogens is 290 g/mol. The van der Waals surface area contributed by atoms with E-state index in [0.717, 1.165) is 18.0 Å². The van der Waals surface area contributed by atoms with Crippen molar-refractivity contribution in [1.82, 2.24) is 4.90 Å². The Morgan fingerprint density at radius 3 is 2.59 bits per heavy atom. The lowest BCUT2D eigenvalue weighted by Crippen LogP contribution is -2.33. The summed E-state index contributed by atoms with van der Waals surface area (Å²) >= 11 is 1.95. The van der Waals surface area contributed by atoms with Crippen LogP contribution in [0.15, 0.2) is 53.4 Å². The summed E-state index contributed by atoms with van der Waals surface area (Å²) in [5.41, 5.74) is 2.52. The summed E-state index contributed by atoms with van der Waals surface area (Å²) in [5.74, 6) is 2.60. The number of fused-ring (bicyclic) bond motifs is 1. The quantitative estimate of drug-likeness (QED) is 0.830. The normalized spacial score (nSPS) is 20.7. The van der Waals surface area contributed by atoms with Crippen LogP contribution in [0.4, 0.5) is 0 Å². The van der Waals surface area contributed by atoms with Crippen LogP contribution in [-0.4, -0.2) is 31.3 Å². The number of rotatable bonds is 4. The smallest absolute Gasteiger partial charge is 0.130 e. The van der Waals surface area contributed by atoms with E-state index in [2.05, 4.69) is 68.4 Å². The van der Waals surface area contributed by atoms with Crippen LogP contribution in [0.5, 0.6) is 5.75 Å². The maximum absolute atomic E-state index is 6.49. The molecule has 1 heterocycles. The summed E-state index contributed by atoms with van der Waals surface area (Å²) < 4.78 is 6.49. The number of aryl methyl sites for hydroxylation is 1. The van der Waals surface area contributed by atoms with Crippen LogP contribution < -0.4 is 4.74 Å². The molecule has 0 aromatic heterocycles. The average molecular weight is 313 g/mol. The Balaban J connectivity index is 1.93. The number of hydrogen-bond acceptors (Lipinski definition) is 3. The summed E-state index contributed by atoms with van der Waals surface area (Å²) in [7, 11) is 4.27. The van der Waals surface area contributed by atoms with Crippen molar-refractivity contribution in [3.63, 3.8) is 0 Å². The van der Waals surface area contributed by atoms with Gasteiger partial charge in [-0.2, -0.15) is 0 Å². The van der Waals surface area contributed by atoms with Gasteiger partial charge in [0.15, 0.2) is 0 Å². The first-order valence-corrected chi connectivity index (χ1v) is 8.72. The Bertz CT molecular complexity index is 641. The van der Waals surface area contributed by atoms with Gasteiger partial charge in [0.05, 0.1) is 0 Å². The Kier molecular flexibility index (Phi) is 4.74. The molecule has 0 fully saturated rings. The van der Waals surface area contributed by atoms with Crippen molar-refractivity contribution in [2.75, 3.05) is 26.4 Å². The van der Waals surface area contributed by atoms with Crippen LogP contribution in [-0.2, 0) is 0 Å². The predicted molar refractivity (Wildman–Crippen MR) is 93.8 cm³/mol. The van der Waals surface area contributed by atoms with Gasteiger partial charge < -0.3 is 9.64 Å². The van der Waals surface area contributed by atoms with E-state index in [1.807, 2.05) is 17.8 Å². The third-order valence-corrected chi connectivity index (χ3v) is 5.33. The molecule has 0 amide bonds. The summed E-state index contributed by atoms with van der Waals surface area (Å²) in [4.78, 5) is 3.61. The van der Waals surface area contributed by atoms with Crippen molar-refractivity contribution in [2.24, 2.45) is 5.92 Å². The molecule has 2 aromatic carbocycles. The third-order valence-electron chi connectivity index (χ3n) is 4.05. The average Bonchev–Trinajstić information content (AvgIpc) is 2.51. The van der Waals surface area contributed by atoms with Gasteiger partial charge in [-0.1, -0.05) is 36.4 Å². The van der Waals surface area contributed by atoms with Gasteiger partial charge in [0.2, 0.25) is 0 Å². The van der Waals surface area contributed by atoms with Gasteiger partial charge in [-0.15, -0.1) is 11.8 Å². The highest BCUT2D eigenvalue weighted by Crippen LogP contribution is 2.42. The molecule has 1 aliphatic rings. The van der Waals surface area contributed by atoms with Gasteiger partial charge in [0, 0.05) is 28.7 Å². The Hall–Kier alpha value is -1.45. The zero-order valence-electron chi connectivity index (χ0n) is 13.5. The maximum atomic E-state index is 6.49. The van der Waals surface area contributed by atoms with E-state index in [0.29, 0.717) is 5.92 Å². The minimum absolute atomic E-state index is 0.126. The molecule has 0 unspecified atom stereocenters. The first-order valence-electron chi connectivity index (χ1n) is 7.74. The fourth-order valence-corrected chi connectivity index (χ4v) is 4.19. The number of benzene rings is 2. The SMILES string of the molecule is Cc1ccccc1O[C@H]1c2ccccc2SC[C@@H]1CN(C)C. The fourth-order valence-electron chi connectivity index (χ4n) is 2.99. The second-order valence-corrected chi connectivity index (χ2v) is 7.24. The molecule has 0 aliphatic carbocycles. The Morgan fingerprint density at radius 1 is 1.09 bits per heavy atom. The van der Waals surface area contributed by atoms with Crippen molar-refractivity contribution >= 4 is 11.8 Å². The van der Waals surface area contributed by atoms with E-state index in [1.54, 1.807) is 0 Å². The standard InChI is InChI=1S/C19H23NOS/c1-14-8-4-6-10-17(14)21-19-15(12-20(2)3)13-22-18-11-7-5-9-16(18)19/h4-11,15,19H,12-13H2,1-3H3/t15-,19+/m0/s1. The predicted octanol–water partition coefficient (Wildman–Crippen LogP) is 4.40. The highest BCUT2D eigenvalue weighted by Gasteiger charge is 2.32. The molecule has 0 saturated carbocycles. The lowest BCUT2D eigenvalue weighted by Gasteiger charge is -2.35. The topological polar surface area (TPSA) is 12.5 Å². The first kappa shape index (κ1) is 15.4. The molecular formula is C19H23NOS. The van der Waals surface area contributed by atoms with Gasteiger partial charge in [0.1, 0.15) is 11.9 Å². The first-order chi connectivity index (χ1) is 10.6. The van der Waals surface area contributed by atoms with Crippen LogP contribution in [0.2, 0.25) is 0 Å². The summed E-state index contributed by atoms with van der Waals surface area (Å²) in [6, 6.07) is 16.9. The van der Waals surface area contributed by atoms with Gasteiger partial charge >= 0.3 is 0 Å². The van der Waals surface area contributed by atoms with E-state index in [-0.39, 0.29) is 6.10 Å². The highest BCUT2D eigenvalue weighted by atomic mass is 32.2. The third kappa shape index (κ3) is 3.31. The van der Waals surface area contributed by atoms with Crippen molar-refractivity contribution in [2.45, 2.75) is 17.9 Å². The number of para-hydroxylation sites is 1. The molecule has 2 nitrogen and oxygen atoms in total. The van der Waals surface area contributed by atoms with Crippen molar-refractivity contribution in [3.8, 4) is 5.75 Å². The summed E-state index contributed by atoms with van der Waals surface area (Å²) in [6.07, 6.45) is 0.126. The van der Waals surface area contributed by atoms with Crippen molar-refractivity contribution in [1.29, 1.82) is 0 Å². The summed E-state index contributed by atoms with van der Waals surface area (Å²) in [5, 5.41) is 0. The second kappa shape index (κ2) is 6.76. The van der Waals surface area contributed by atoms with Crippen molar-refractivity contribution < 1.29 is 4.74 Å². The number of ether oxygens (including phenoxy) is 1. The number of nitrogens with zero attached hydrogens (tertiary/aromatic N) is 1. The molecule has 2 aromatic rings. The van der Waals surface area contributed by atoms with E-state index in [4.69, 9.17) is 4.74 Å². The van der Waals surface area contributed by atoms with Crippen LogP contribution in [0, 0.1) is 12.8 Å². The molecule has 0 N–H and O–H groups in total. The lowest BCUT2D eigenvalue weighted by molar-refractivity contribution is 0.121. The molecule has 0 saturated heterocycles. The molecule has 0 radical (unpaired) electrons. The molecule has 0 bridgehead atoms. The zero-order chi connectivity index (χ0) is 15.5. The Morgan fingerprint density at radius 2 is 1.82 bits per heavy atom. The molecule has 0 spiro atoms. The van der Waals surface area contributed by atoms with E-state index in [9.17, 15) is 0 Å². The monoisotopic (exact) mass is 313 g/mol. The number of thioether (sulfide) groups is 1. The van der Waals surface area contributed by atoms with Gasteiger partial charge in [-0.05, 0) is 38.7 Å². The van der Waals surface area contributed by atoms with Crippen LogP contribution in [0.3, 0.4) is 0 Å². The second-order valence-electron chi connectivity index (χ2n) is 6.18. The highest BCUT2D eigenvalue weighted by molar-refractivity contribution is 7.99. The van der Waals surface area contributed by atoms with E-state index >= 15 is 0 Å². The zero-order valence-corrected chi connectivity index (χ0v) is 14.3. The molecule has 22 heavy (non-hydrogen) atoms.